The van der Waals surface area contributed by atoms with Gasteiger partial charge in [-0.25, -0.2) is 4.39 Å². The lowest BCUT2D eigenvalue weighted by Gasteiger charge is -1.96. The first kappa shape index (κ1) is 12.1. The Morgan fingerprint density at radius 3 is 2.94 bits per heavy atom. The molecule has 0 heterocycles. The van der Waals surface area contributed by atoms with Gasteiger partial charge in [0.2, 0.25) is 5.91 Å². The first-order chi connectivity index (χ1) is 7.59. The van der Waals surface area contributed by atoms with Crippen molar-refractivity contribution in [3.63, 3.8) is 0 Å². The molecule has 0 bridgehead atoms. The Morgan fingerprint density at radius 1 is 1.56 bits per heavy atom. The fraction of sp³-hybridized carbons (Fsp3) is 0.250. The molecule has 0 aliphatic rings. The van der Waals surface area contributed by atoms with Gasteiger partial charge in [0.25, 0.3) is 0 Å². The van der Waals surface area contributed by atoms with Crippen molar-refractivity contribution in [1.82, 2.24) is 5.32 Å². The van der Waals surface area contributed by atoms with Gasteiger partial charge in [0.05, 0.1) is 5.56 Å². The molecule has 1 aromatic rings. The van der Waals surface area contributed by atoms with Crippen LogP contribution in [0, 0.1) is 17.7 Å². The molecule has 0 aromatic heterocycles. The standard InChI is InChI=1S/C12H13FN2O/c1-9(16)15-7-3-2-4-10-5-6-11(14)8-12(10)13/h5-6,8H,3,7,14H2,1H3,(H,15,16). The van der Waals surface area contributed by atoms with Gasteiger partial charge in [0, 0.05) is 25.6 Å². The molecule has 1 amide bonds. The van der Waals surface area contributed by atoms with Crippen molar-refractivity contribution in [2.24, 2.45) is 0 Å². The summed E-state index contributed by atoms with van der Waals surface area (Å²) in [6.45, 7) is 1.91. The van der Waals surface area contributed by atoms with Gasteiger partial charge in [-0.2, -0.15) is 0 Å². The number of carbonyl (C=O) groups excluding carboxylic acids is 1. The number of rotatable bonds is 2. The number of halogens is 1. The van der Waals surface area contributed by atoms with Gasteiger partial charge in [-0.05, 0) is 18.2 Å². The van der Waals surface area contributed by atoms with Gasteiger partial charge in [-0.1, -0.05) is 11.8 Å². The summed E-state index contributed by atoms with van der Waals surface area (Å²) < 4.78 is 13.2. The fourth-order valence-electron chi connectivity index (χ4n) is 1.09. The van der Waals surface area contributed by atoms with Crippen LogP contribution in [-0.4, -0.2) is 12.5 Å². The summed E-state index contributed by atoms with van der Waals surface area (Å²) in [7, 11) is 0. The third-order valence-corrected chi connectivity index (χ3v) is 1.84. The van der Waals surface area contributed by atoms with E-state index >= 15 is 0 Å². The Balaban J connectivity index is 2.53. The zero-order chi connectivity index (χ0) is 12.0. The molecule has 1 aromatic carbocycles. The fourth-order valence-corrected chi connectivity index (χ4v) is 1.09. The number of hydrogen-bond acceptors (Lipinski definition) is 2. The van der Waals surface area contributed by atoms with E-state index in [0.717, 1.165) is 0 Å². The van der Waals surface area contributed by atoms with Gasteiger partial charge in [-0.15, -0.1) is 0 Å². The van der Waals surface area contributed by atoms with Crippen LogP contribution in [0.3, 0.4) is 0 Å². The first-order valence-corrected chi connectivity index (χ1v) is 4.88. The van der Waals surface area contributed by atoms with E-state index in [4.69, 9.17) is 5.73 Å². The molecular formula is C12H13FN2O. The first-order valence-electron chi connectivity index (χ1n) is 4.88. The second-order valence-corrected chi connectivity index (χ2v) is 3.27. The molecule has 0 radical (unpaired) electrons. The lowest BCUT2D eigenvalue weighted by Crippen LogP contribution is -2.20. The number of amides is 1. The summed E-state index contributed by atoms with van der Waals surface area (Å²) in [6.07, 6.45) is 0.489. The van der Waals surface area contributed by atoms with Crippen molar-refractivity contribution in [1.29, 1.82) is 0 Å². The van der Waals surface area contributed by atoms with Crippen molar-refractivity contribution < 1.29 is 9.18 Å². The van der Waals surface area contributed by atoms with E-state index in [0.29, 0.717) is 24.2 Å². The Bertz CT molecular complexity index is 446. The third kappa shape index (κ3) is 4.01. The molecule has 16 heavy (non-hydrogen) atoms. The molecule has 84 valence electrons. The normalized spacial score (nSPS) is 9.12. The van der Waals surface area contributed by atoms with Crippen LogP contribution in [-0.2, 0) is 4.79 Å². The highest BCUT2D eigenvalue weighted by Crippen LogP contribution is 2.10. The molecular weight excluding hydrogens is 207 g/mol. The highest BCUT2D eigenvalue weighted by molar-refractivity contribution is 5.72. The molecule has 0 spiro atoms. The monoisotopic (exact) mass is 220 g/mol. The predicted molar refractivity (Wildman–Crippen MR) is 61.0 cm³/mol. The van der Waals surface area contributed by atoms with Gasteiger partial charge < -0.3 is 11.1 Å². The lowest BCUT2D eigenvalue weighted by atomic mass is 10.2. The van der Waals surface area contributed by atoms with Gasteiger partial charge in [-0.3, -0.25) is 4.79 Å². The zero-order valence-corrected chi connectivity index (χ0v) is 9.01. The van der Waals surface area contributed by atoms with Gasteiger partial charge >= 0.3 is 0 Å². The van der Waals surface area contributed by atoms with Crippen LogP contribution in [0.1, 0.15) is 18.9 Å². The third-order valence-electron chi connectivity index (χ3n) is 1.84. The van der Waals surface area contributed by atoms with Crippen LogP contribution in [0.25, 0.3) is 0 Å². The number of hydrogen-bond donors (Lipinski definition) is 2. The largest absolute Gasteiger partial charge is 0.399 e. The molecule has 4 heteroatoms. The average molecular weight is 220 g/mol. The smallest absolute Gasteiger partial charge is 0.216 e. The molecule has 0 saturated heterocycles. The molecule has 0 fully saturated rings. The summed E-state index contributed by atoms with van der Waals surface area (Å²) in [4.78, 5) is 10.5. The van der Waals surface area contributed by atoms with Crippen molar-refractivity contribution in [2.45, 2.75) is 13.3 Å². The van der Waals surface area contributed by atoms with Crippen LogP contribution in [0.4, 0.5) is 10.1 Å². The van der Waals surface area contributed by atoms with E-state index in [1.165, 1.54) is 19.1 Å². The summed E-state index contributed by atoms with van der Waals surface area (Å²) in [6, 6.07) is 4.37. The van der Waals surface area contributed by atoms with Crippen LogP contribution < -0.4 is 11.1 Å². The summed E-state index contributed by atoms with van der Waals surface area (Å²) in [5, 5.41) is 2.60. The lowest BCUT2D eigenvalue weighted by molar-refractivity contribution is -0.118. The maximum atomic E-state index is 13.2. The molecule has 0 aliphatic carbocycles. The number of nitrogens with one attached hydrogen (secondary N) is 1. The topological polar surface area (TPSA) is 55.1 Å². The maximum Gasteiger partial charge on any atom is 0.216 e. The molecule has 0 saturated carbocycles. The molecule has 0 unspecified atom stereocenters. The van der Waals surface area contributed by atoms with Crippen molar-refractivity contribution in [3.05, 3.63) is 29.6 Å². The highest BCUT2D eigenvalue weighted by atomic mass is 19.1. The number of anilines is 1. The van der Waals surface area contributed by atoms with Gasteiger partial charge in [0.1, 0.15) is 5.82 Å². The summed E-state index contributed by atoms with van der Waals surface area (Å²) >= 11 is 0. The second kappa shape index (κ2) is 5.76. The minimum Gasteiger partial charge on any atom is -0.399 e. The minimum absolute atomic E-state index is 0.0968. The van der Waals surface area contributed by atoms with Crippen molar-refractivity contribution in [2.75, 3.05) is 12.3 Å². The van der Waals surface area contributed by atoms with Gasteiger partial charge in [0.15, 0.2) is 0 Å². The Labute approximate surface area is 93.8 Å². The van der Waals surface area contributed by atoms with E-state index in [9.17, 15) is 9.18 Å². The molecule has 0 aliphatic heterocycles. The molecule has 3 nitrogen and oxygen atoms in total. The van der Waals surface area contributed by atoms with Crippen molar-refractivity contribution >= 4 is 11.6 Å². The predicted octanol–water partition coefficient (Wildman–Crippen LogP) is 1.29. The molecule has 3 N–H and O–H groups in total. The molecule has 0 atom stereocenters. The van der Waals surface area contributed by atoms with Crippen LogP contribution in [0.2, 0.25) is 0 Å². The van der Waals surface area contributed by atoms with E-state index in [1.54, 1.807) is 6.07 Å². The summed E-state index contributed by atoms with van der Waals surface area (Å²) in [5.74, 6) is 4.93. The van der Waals surface area contributed by atoms with Crippen LogP contribution in [0.15, 0.2) is 18.2 Å². The average Bonchev–Trinajstić information content (AvgIpc) is 2.20. The Morgan fingerprint density at radius 2 is 2.31 bits per heavy atom. The van der Waals surface area contributed by atoms with E-state index < -0.39 is 5.82 Å². The summed E-state index contributed by atoms with van der Waals surface area (Å²) in [5.41, 5.74) is 6.09. The number of carbonyl (C=O) groups is 1. The van der Waals surface area contributed by atoms with Crippen molar-refractivity contribution in [3.8, 4) is 11.8 Å². The SMILES string of the molecule is CC(=O)NCCC#Cc1ccc(N)cc1F. The maximum absolute atomic E-state index is 13.2. The van der Waals surface area contributed by atoms with Crippen LogP contribution in [0.5, 0.6) is 0 Å². The number of nitrogen functional groups attached to an aromatic ring is 1. The minimum atomic E-state index is -0.424. The van der Waals surface area contributed by atoms with E-state index in [-0.39, 0.29) is 5.91 Å². The zero-order valence-electron chi connectivity index (χ0n) is 9.01. The van der Waals surface area contributed by atoms with E-state index in [1.807, 2.05) is 0 Å². The van der Waals surface area contributed by atoms with Crippen LogP contribution >= 0.6 is 0 Å². The number of benzene rings is 1. The molecule has 1 rings (SSSR count). The Hall–Kier alpha value is -2.02. The number of nitrogens with two attached hydrogens (primary N) is 1. The second-order valence-electron chi connectivity index (χ2n) is 3.27. The Kier molecular flexibility index (Phi) is 4.34. The quantitative estimate of drug-likeness (QED) is 0.448. The highest BCUT2D eigenvalue weighted by Gasteiger charge is 1.97. The van der Waals surface area contributed by atoms with E-state index in [2.05, 4.69) is 17.2 Å².